The first-order valence-corrected chi connectivity index (χ1v) is 9.62. The molecule has 0 aliphatic carbocycles. The summed E-state index contributed by atoms with van der Waals surface area (Å²) >= 11 is 0. The standard InChI is InChI=1S/C23H25N3O/c1-25-15-7-13-21(25)22-14-8-16-26(22)17-23(27)24-20-12-6-5-11-19(20)18-9-3-2-4-10-18/h2-7,9-13,15,22H,8,14,16-17H2,1H3,(H,24,27)/p+1/t22-/m1/s1. The lowest BCUT2D eigenvalue weighted by atomic mass is 10.0. The van der Waals surface area contributed by atoms with Gasteiger partial charge in [-0.05, 0) is 23.8 Å². The van der Waals surface area contributed by atoms with E-state index in [1.54, 1.807) is 0 Å². The van der Waals surface area contributed by atoms with Gasteiger partial charge in [-0.3, -0.25) is 4.79 Å². The molecule has 2 N–H and O–H groups in total. The fraction of sp³-hybridized carbons (Fsp3) is 0.261. The van der Waals surface area contributed by atoms with E-state index in [-0.39, 0.29) is 5.91 Å². The normalized spacial score (nSPS) is 19.1. The van der Waals surface area contributed by atoms with Crippen molar-refractivity contribution in [2.45, 2.75) is 18.9 Å². The van der Waals surface area contributed by atoms with Crippen molar-refractivity contribution in [3.05, 3.63) is 78.6 Å². The molecule has 0 radical (unpaired) electrons. The molecule has 138 valence electrons. The van der Waals surface area contributed by atoms with Gasteiger partial charge in [0.25, 0.3) is 5.91 Å². The Hall–Kier alpha value is -2.85. The van der Waals surface area contributed by atoms with Crippen LogP contribution in [-0.2, 0) is 11.8 Å². The van der Waals surface area contributed by atoms with Crippen molar-refractivity contribution in [2.75, 3.05) is 18.4 Å². The number of likely N-dealkylation sites (tertiary alicyclic amines) is 1. The molecule has 1 amide bonds. The second-order valence-electron chi connectivity index (χ2n) is 7.28. The number of quaternary nitrogens is 1. The van der Waals surface area contributed by atoms with E-state index in [1.165, 1.54) is 17.0 Å². The minimum absolute atomic E-state index is 0.0782. The van der Waals surface area contributed by atoms with Gasteiger partial charge >= 0.3 is 0 Å². The molecular formula is C23H26N3O+. The van der Waals surface area contributed by atoms with Crippen LogP contribution in [0.3, 0.4) is 0 Å². The number of aromatic nitrogens is 1. The van der Waals surface area contributed by atoms with Crippen molar-refractivity contribution in [1.29, 1.82) is 0 Å². The van der Waals surface area contributed by atoms with Crippen LogP contribution in [0, 0.1) is 0 Å². The maximum atomic E-state index is 12.8. The van der Waals surface area contributed by atoms with Gasteiger partial charge in [-0.1, -0.05) is 48.5 Å². The predicted molar refractivity (Wildman–Crippen MR) is 109 cm³/mol. The molecule has 1 aliphatic rings. The number of amides is 1. The van der Waals surface area contributed by atoms with E-state index >= 15 is 0 Å². The molecule has 1 aliphatic heterocycles. The van der Waals surface area contributed by atoms with Crippen LogP contribution in [0.4, 0.5) is 5.69 Å². The van der Waals surface area contributed by atoms with Gasteiger partial charge in [0, 0.05) is 37.3 Å². The molecule has 2 aromatic carbocycles. The Morgan fingerprint density at radius 3 is 2.63 bits per heavy atom. The first kappa shape index (κ1) is 17.6. The molecule has 1 saturated heterocycles. The van der Waals surface area contributed by atoms with Crippen LogP contribution >= 0.6 is 0 Å². The predicted octanol–water partition coefficient (Wildman–Crippen LogP) is 3.05. The molecular weight excluding hydrogens is 334 g/mol. The average Bonchev–Trinajstić information content (AvgIpc) is 3.31. The van der Waals surface area contributed by atoms with Crippen LogP contribution in [-0.4, -0.2) is 23.6 Å². The number of hydrogen-bond acceptors (Lipinski definition) is 1. The van der Waals surface area contributed by atoms with E-state index in [9.17, 15) is 4.79 Å². The average molecular weight is 360 g/mol. The lowest BCUT2D eigenvalue weighted by Crippen LogP contribution is -3.11. The molecule has 4 rings (SSSR count). The van der Waals surface area contributed by atoms with E-state index in [4.69, 9.17) is 0 Å². The molecule has 0 bridgehead atoms. The second-order valence-corrected chi connectivity index (χ2v) is 7.28. The highest BCUT2D eigenvalue weighted by Gasteiger charge is 2.33. The zero-order chi connectivity index (χ0) is 18.6. The second kappa shape index (κ2) is 7.80. The zero-order valence-corrected chi connectivity index (χ0v) is 15.7. The summed E-state index contributed by atoms with van der Waals surface area (Å²) in [6.07, 6.45) is 4.39. The molecule has 2 heterocycles. The highest BCUT2D eigenvalue weighted by atomic mass is 16.2. The molecule has 1 aromatic heterocycles. The number of rotatable bonds is 5. The summed E-state index contributed by atoms with van der Waals surface area (Å²) in [5.41, 5.74) is 4.37. The van der Waals surface area contributed by atoms with E-state index in [0.29, 0.717) is 12.6 Å². The number of carbonyl (C=O) groups excluding carboxylic acids is 1. The molecule has 0 saturated carbocycles. The molecule has 2 atom stereocenters. The molecule has 3 aromatic rings. The van der Waals surface area contributed by atoms with Crippen LogP contribution < -0.4 is 10.2 Å². The first-order chi connectivity index (χ1) is 13.2. The SMILES string of the molecule is Cn1cccc1[C@H]1CCC[NH+]1CC(=O)Nc1ccccc1-c1ccccc1. The molecule has 27 heavy (non-hydrogen) atoms. The minimum atomic E-state index is 0.0782. The van der Waals surface area contributed by atoms with Gasteiger partial charge < -0.3 is 14.8 Å². The van der Waals surface area contributed by atoms with E-state index < -0.39 is 0 Å². The van der Waals surface area contributed by atoms with Gasteiger partial charge in [0.15, 0.2) is 6.54 Å². The number of hydrogen-bond donors (Lipinski definition) is 2. The van der Waals surface area contributed by atoms with E-state index in [1.807, 2.05) is 36.4 Å². The summed E-state index contributed by atoms with van der Waals surface area (Å²) in [4.78, 5) is 14.2. The van der Waals surface area contributed by atoms with Gasteiger partial charge in [-0.15, -0.1) is 0 Å². The number of para-hydroxylation sites is 1. The van der Waals surface area contributed by atoms with Crippen molar-refractivity contribution in [1.82, 2.24) is 4.57 Å². The molecule has 1 fully saturated rings. The number of nitrogens with zero attached hydrogens (tertiary/aromatic N) is 1. The Balaban J connectivity index is 1.48. The van der Waals surface area contributed by atoms with Crippen LogP contribution in [0.15, 0.2) is 72.9 Å². The van der Waals surface area contributed by atoms with Gasteiger partial charge in [0.2, 0.25) is 0 Å². The molecule has 0 spiro atoms. The summed E-state index contributed by atoms with van der Waals surface area (Å²) < 4.78 is 2.18. The monoisotopic (exact) mass is 360 g/mol. The van der Waals surface area contributed by atoms with Gasteiger partial charge in [0.05, 0.1) is 12.2 Å². The summed E-state index contributed by atoms with van der Waals surface area (Å²) in [5, 5.41) is 3.15. The number of benzene rings is 2. The summed E-state index contributed by atoms with van der Waals surface area (Å²) in [6, 6.07) is 22.9. The maximum absolute atomic E-state index is 12.8. The van der Waals surface area contributed by atoms with E-state index in [0.717, 1.165) is 29.8 Å². The third kappa shape index (κ3) is 3.81. The van der Waals surface area contributed by atoms with Crippen molar-refractivity contribution in [3.8, 4) is 11.1 Å². The Labute approximate surface area is 160 Å². The van der Waals surface area contributed by atoms with Crippen LogP contribution in [0.1, 0.15) is 24.6 Å². The van der Waals surface area contributed by atoms with Crippen LogP contribution in [0.25, 0.3) is 11.1 Å². The fourth-order valence-corrected chi connectivity index (χ4v) is 4.18. The van der Waals surface area contributed by atoms with Crippen LogP contribution in [0.2, 0.25) is 0 Å². The lowest BCUT2D eigenvalue weighted by Gasteiger charge is -2.22. The van der Waals surface area contributed by atoms with Gasteiger partial charge in [-0.2, -0.15) is 0 Å². The topological polar surface area (TPSA) is 38.5 Å². The largest absolute Gasteiger partial charge is 0.350 e. The van der Waals surface area contributed by atoms with Gasteiger partial charge in [0.1, 0.15) is 6.04 Å². The van der Waals surface area contributed by atoms with Crippen LogP contribution in [0.5, 0.6) is 0 Å². The number of nitrogens with one attached hydrogen (secondary N) is 2. The van der Waals surface area contributed by atoms with E-state index in [2.05, 4.69) is 53.5 Å². The Morgan fingerprint density at radius 1 is 1.07 bits per heavy atom. The quantitative estimate of drug-likeness (QED) is 0.721. The smallest absolute Gasteiger partial charge is 0.279 e. The Kier molecular flexibility index (Phi) is 5.07. The zero-order valence-electron chi connectivity index (χ0n) is 15.7. The van der Waals surface area contributed by atoms with Crippen molar-refractivity contribution in [2.24, 2.45) is 7.05 Å². The fourth-order valence-electron chi connectivity index (χ4n) is 4.18. The third-order valence-electron chi connectivity index (χ3n) is 5.50. The number of carbonyl (C=O) groups is 1. The summed E-state index contributed by atoms with van der Waals surface area (Å²) in [5.74, 6) is 0.0782. The van der Waals surface area contributed by atoms with Crippen molar-refractivity contribution < 1.29 is 9.69 Å². The highest BCUT2D eigenvalue weighted by molar-refractivity contribution is 5.96. The lowest BCUT2D eigenvalue weighted by molar-refractivity contribution is -0.910. The third-order valence-corrected chi connectivity index (χ3v) is 5.50. The minimum Gasteiger partial charge on any atom is -0.350 e. The van der Waals surface area contributed by atoms with Gasteiger partial charge in [-0.25, -0.2) is 0 Å². The first-order valence-electron chi connectivity index (χ1n) is 9.62. The maximum Gasteiger partial charge on any atom is 0.279 e. The van der Waals surface area contributed by atoms with Crippen molar-refractivity contribution >= 4 is 11.6 Å². The molecule has 4 heteroatoms. The van der Waals surface area contributed by atoms with Crippen molar-refractivity contribution in [3.63, 3.8) is 0 Å². The Morgan fingerprint density at radius 2 is 1.85 bits per heavy atom. The summed E-state index contributed by atoms with van der Waals surface area (Å²) in [7, 11) is 2.08. The highest BCUT2D eigenvalue weighted by Crippen LogP contribution is 2.27. The molecule has 1 unspecified atom stereocenters. The number of aryl methyl sites for hydroxylation is 1. The number of anilines is 1. The molecule has 4 nitrogen and oxygen atoms in total. The Bertz CT molecular complexity index is 916. The summed E-state index contributed by atoms with van der Waals surface area (Å²) in [6.45, 7) is 1.54.